The molecule has 0 spiro atoms. The van der Waals surface area contributed by atoms with Crippen LogP contribution in [0.1, 0.15) is 24.0 Å². The lowest BCUT2D eigenvalue weighted by Crippen LogP contribution is -2.33. The Bertz CT molecular complexity index is 496. The van der Waals surface area contributed by atoms with Gasteiger partial charge in [-0.15, -0.1) is 0 Å². The second-order valence-electron chi connectivity index (χ2n) is 4.99. The highest BCUT2D eigenvalue weighted by Crippen LogP contribution is 2.27. The van der Waals surface area contributed by atoms with Gasteiger partial charge in [0.2, 0.25) is 0 Å². The molecule has 104 valence electrons. The molecule has 0 aliphatic heterocycles. The number of hydrogen-bond acceptors (Lipinski definition) is 1. The molecule has 0 saturated heterocycles. The second-order valence-corrected chi connectivity index (χ2v) is 5.52. The SMILES string of the molecule is C=C(Cl)CNC(C)C(c1ccccc1)c1ccccc1. The van der Waals surface area contributed by atoms with Crippen molar-refractivity contribution in [1.29, 1.82) is 0 Å². The maximum atomic E-state index is 5.86. The maximum Gasteiger partial charge on any atom is 0.0310 e. The molecule has 1 N–H and O–H groups in total. The largest absolute Gasteiger partial charge is 0.308 e. The number of rotatable bonds is 6. The summed E-state index contributed by atoms with van der Waals surface area (Å²) in [5.74, 6) is 0.299. The van der Waals surface area contributed by atoms with Crippen LogP contribution < -0.4 is 5.32 Å². The normalized spacial score (nSPS) is 12.3. The predicted molar refractivity (Wildman–Crippen MR) is 87.2 cm³/mol. The molecule has 0 aromatic heterocycles. The summed E-state index contributed by atoms with van der Waals surface area (Å²) >= 11 is 5.86. The van der Waals surface area contributed by atoms with Gasteiger partial charge in [0.05, 0.1) is 0 Å². The van der Waals surface area contributed by atoms with E-state index < -0.39 is 0 Å². The molecule has 2 rings (SSSR count). The molecule has 2 aromatic carbocycles. The summed E-state index contributed by atoms with van der Waals surface area (Å²) in [4.78, 5) is 0. The highest BCUT2D eigenvalue weighted by atomic mass is 35.5. The molecule has 20 heavy (non-hydrogen) atoms. The molecule has 0 radical (unpaired) electrons. The van der Waals surface area contributed by atoms with Gasteiger partial charge in [0.1, 0.15) is 0 Å². The number of hydrogen-bond donors (Lipinski definition) is 1. The minimum Gasteiger partial charge on any atom is -0.308 e. The Labute approximate surface area is 126 Å². The lowest BCUT2D eigenvalue weighted by atomic mass is 9.86. The highest BCUT2D eigenvalue weighted by molar-refractivity contribution is 6.29. The van der Waals surface area contributed by atoms with Crippen molar-refractivity contribution in [1.82, 2.24) is 5.32 Å². The zero-order chi connectivity index (χ0) is 14.4. The van der Waals surface area contributed by atoms with Crippen LogP contribution in [-0.4, -0.2) is 12.6 Å². The molecule has 1 unspecified atom stereocenters. The van der Waals surface area contributed by atoms with Gasteiger partial charge >= 0.3 is 0 Å². The minimum atomic E-state index is 0.273. The predicted octanol–water partition coefficient (Wildman–Crippen LogP) is 4.55. The van der Waals surface area contributed by atoms with Crippen LogP contribution in [-0.2, 0) is 0 Å². The van der Waals surface area contributed by atoms with E-state index in [0.29, 0.717) is 17.5 Å². The van der Waals surface area contributed by atoms with Gasteiger partial charge < -0.3 is 5.32 Å². The van der Waals surface area contributed by atoms with Crippen molar-refractivity contribution >= 4 is 11.6 Å². The Balaban J connectivity index is 2.27. The van der Waals surface area contributed by atoms with E-state index in [2.05, 4.69) is 67.4 Å². The van der Waals surface area contributed by atoms with Crippen molar-refractivity contribution in [3.8, 4) is 0 Å². The van der Waals surface area contributed by atoms with Gasteiger partial charge in [-0.1, -0.05) is 78.8 Å². The maximum absolute atomic E-state index is 5.86. The number of nitrogens with one attached hydrogen (secondary N) is 1. The fourth-order valence-corrected chi connectivity index (χ4v) is 2.56. The molecular weight excluding hydrogens is 266 g/mol. The van der Waals surface area contributed by atoms with E-state index >= 15 is 0 Å². The minimum absolute atomic E-state index is 0.273. The fraction of sp³-hybridized carbons (Fsp3) is 0.222. The molecule has 0 saturated carbocycles. The van der Waals surface area contributed by atoms with Crippen molar-refractivity contribution in [2.24, 2.45) is 0 Å². The summed E-state index contributed by atoms with van der Waals surface area (Å²) in [5, 5.41) is 4.08. The summed E-state index contributed by atoms with van der Waals surface area (Å²) in [6.45, 7) is 6.54. The van der Waals surface area contributed by atoms with Crippen molar-refractivity contribution in [2.45, 2.75) is 18.9 Å². The van der Waals surface area contributed by atoms with E-state index in [4.69, 9.17) is 11.6 Å². The van der Waals surface area contributed by atoms with E-state index in [1.165, 1.54) is 11.1 Å². The summed E-state index contributed by atoms with van der Waals surface area (Å²) < 4.78 is 0. The molecule has 1 atom stereocenters. The van der Waals surface area contributed by atoms with E-state index in [1.807, 2.05) is 12.1 Å². The van der Waals surface area contributed by atoms with Crippen LogP contribution in [0.15, 0.2) is 72.3 Å². The fourth-order valence-electron chi connectivity index (χ4n) is 2.48. The van der Waals surface area contributed by atoms with Crippen LogP contribution >= 0.6 is 11.6 Å². The van der Waals surface area contributed by atoms with E-state index in [0.717, 1.165) is 0 Å². The zero-order valence-corrected chi connectivity index (χ0v) is 12.5. The van der Waals surface area contributed by atoms with Gasteiger partial charge in [-0.2, -0.15) is 0 Å². The smallest absolute Gasteiger partial charge is 0.0310 e. The van der Waals surface area contributed by atoms with Crippen LogP contribution in [0.3, 0.4) is 0 Å². The topological polar surface area (TPSA) is 12.0 Å². The molecule has 2 aromatic rings. The van der Waals surface area contributed by atoms with Crippen LogP contribution in [0.4, 0.5) is 0 Å². The van der Waals surface area contributed by atoms with Crippen molar-refractivity contribution in [2.75, 3.05) is 6.54 Å². The summed E-state index contributed by atoms with van der Waals surface area (Å²) in [6, 6.07) is 21.4. The number of benzene rings is 2. The Morgan fingerprint density at radius 2 is 1.45 bits per heavy atom. The molecule has 2 heteroatoms. The third kappa shape index (κ3) is 3.96. The molecule has 0 aliphatic carbocycles. The van der Waals surface area contributed by atoms with Gasteiger partial charge in [0, 0.05) is 23.5 Å². The summed E-state index contributed by atoms with van der Waals surface area (Å²) in [5.41, 5.74) is 2.61. The van der Waals surface area contributed by atoms with Gasteiger partial charge in [0.15, 0.2) is 0 Å². The molecule has 0 aliphatic rings. The molecule has 0 amide bonds. The third-order valence-corrected chi connectivity index (χ3v) is 3.57. The van der Waals surface area contributed by atoms with Gasteiger partial charge in [0.25, 0.3) is 0 Å². The standard InChI is InChI=1S/C18H20ClN/c1-14(19)13-20-15(2)18(16-9-5-3-6-10-16)17-11-7-4-8-12-17/h3-12,15,18,20H,1,13H2,2H3. The quantitative estimate of drug-likeness (QED) is 0.821. The van der Waals surface area contributed by atoms with Gasteiger partial charge in [-0.05, 0) is 18.1 Å². The van der Waals surface area contributed by atoms with Gasteiger partial charge in [-0.25, -0.2) is 0 Å². The van der Waals surface area contributed by atoms with E-state index in [-0.39, 0.29) is 6.04 Å². The average molecular weight is 286 g/mol. The Morgan fingerprint density at radius 1 is 1.00 bits per heavy atom. The van der Waals surface area contributed by atoms with Crippen molar-refractivity contribution in [3.63, 3.8) is 0 Å². The summed E-state index contributed by atoms with van der Waals surface area (Å²) in [7, 11) is 0. The summed E-state index contributed by atoms with van der Waals surface area (Å²) in [6.07, 6.45) is 0. The Hall–Kier alpha value is -1.57. The first-order valence-corrected chi connectivity index (χ1v) is 7.23. The molecular formula is C18H20ClN. The molecule has 0 bridgehead atoms. The zero-order valence-electron chi connectivity index (χ0n) is 11.7. The first kappa shape index (κ1) is 14.8. The Kier molecular flexibility index (Phi) is 5.40. The average Bonchev–Trinajstić information content (AvgIpc) is 2.48. The van der Waals surface area contributed by atoms with Crippen LogP contribution in [0.5, 0.6) is 0 Å². The Morgan fingerprint density at radius 3 is 1.85 bits per heavy atom. The molecule has 1 nitrogen and oxygen atoms in total. The molecule has 0 fully saturated rings. The van der Waals surface area contributed by atoms with Crippen molar-refractivity contribution in [3.05, 3.63) is 83.4 Å². The number of halogens is 1. The van der Waals surface area contributed by atoms with Gasteiger partial charge in [-0.3, -0.25) is 0 Å². The molecule has 0 heterocycles. The lowest BCUT2D eigenvalue weighted by Gasteiger charge is -2.26. The first-order valence-electron chi connectivity index (χ1n) is 6.85. The third-order valence-electron chi connectivity index (χ3n) is 3.43. The van der Waals surface area contributed by atoms with Crippen LogP contribution in [0, 0.1) is 0 Å². The second kappa shape index (κ2) is 7.28. The van der Waals surface area contributed by atoms with Crippen LogP contribution in [0.2, 0.25) is 0 Å². The lowest BCUT2D eigenvalue weighted by molar-refractivity contribution is 0.524. The monoisotopic (exact) mass is 285 g/mol. The highest BCUT2D eigenvalue weighted by Gasteiger charge is 2.20. The van der Waals surface area contributed by atoms with Crippen molar-refractivity contribution < 1.29 is 0 Å². The van der Waals surface area contributed by atoms with E-state index in [9.17, 15) is 0 Å². The first-order chi connectivity index (χ1) is 9.68. The van der Waals surface area contributed by atoms with E-state index in [1.54, 1.807) is 0 Å². The van der Waals surface area contributed by atoms with Crippen LogP contribution in [0.25, 0.3) is 0 Å².